The molecule has 0 saturated carbocycles. The Balaban J connectivity index is 1.68. The Kier molecular flexibility index (Phi) is 5.40. The van der Waals surface area contributed by atoms with Gasteiger partial charge in [-0.1, -0.05) is 66.7 Å². The van der Waals surface area contributed by atoms with Gasteiger partial charge in [0.25, 0.3) is 0 Å². The predicted octanol–water partition coefficient (Wildman–Crippen LogP) is 5.41. The van der Waals surface area contributed by atoms with Crippen molar-refractivity contribution in [3.05, 3.63) is 106 Å². The topological polar surface area (TPSA) is 20.2 Å². The molecule has 6 bridgehead atoms. The highest BCUT2D eigenvalue weighted by Gasteiger charge is 2.10. The smallest absolute Gasteiger partial charge is 0.0764 e. The summed E-state index contributed by atoms with van der Waals surface area (Å²) in [5.74, 6) is 0. The van der Waals surface area contributed by atoms with Gasteiger partial charge in [0.1, 0.15) is 0 Å². The standard InChI is InChI=1S/C26H28O/c1-19(27)26-18-24-13-12-22-6-4-20(5-7-22)2-3-21-8-10-23(11-9-21)14-16-25(26)17-15-24/h4-11,15,17-19,27H,2-3,12-14,16H2,1H3. The van der Waals surface area contributed by atoms with Crippen molar-refractivity contribution in [2.75, 3.05) is 0 Å². The molecule has 0 saturated heterocycles. The molecule has 6 aliphatic carbocycles. The van der Waals surface area contributed by atoms with Gasteiger partial charge in [0.15, 0.2) is 0 Å². The molecule has 0 heterocycles. The highest BCUT2D eigenvalue weighted by molar-refractivity contribution is 5.36. The predicted molar refractivity (Wildman–Crippen MR) is 112 cm³/mol. The molecule has 1 unspecified atom stereocenters. The molecule has 0 radical (unpaired) electrons. The molecular weight excluding hydrogens is 328 g/mol. The van der Waals surface area contributed by atoms with Crippen molar-refractivity contribution in [1.29, 1.82) is 0 Å². The summed E-state index contributed by atoms with van der Waals surface area (Å²) in [4.78, 5) is 0. The zero-order valence-corrected chi connectivity index (χ0v) is 16.1. The van der Waals surface area contributed by atoms with E-state index in [0.717, 1.165) is 44.1 Å². The molecule has 0 fully saturated rings. The number of aliphatic hydroxyl groups excluding tert-OH is 1. The zero-order chi connectivity index (χ0) is 18.6. The third-order valence-corrected chi connectivity index (χ3v) is 5.79. The van der Waals surface area contributed by atoms with E-state index in [9.17, 15) is 5.11 Å². The lowest BCUT2D eigenvalue weighted by Crippen LogP contribution is -2.03. The monoisotopic (exact) mass is 356 g/mol. The maximum absolute atomic E-state index is 10.3. The van der Waals surface area contributed by atoms with Crippen LogP contribution in [-0.2, 0) is 38.5 Å². The van der Waals surface area contributed by atoms with Crippen LogP contribution in [0.15, 0.2) is 66.7 Å². The number of rotatable bonds is 1. The van der Waals surface area contributed by atoms with Crippen LogP contribution in [0.2, 0.25) is 0 Å². The summed E-state index contributed by atoms with van der Waals surface area (Å²) in [5, 5.41) is 10.3. The van der Waals surface area contributed by atoms with Gasteiger partial charge < -0.3 is 5.11 Å². The minimum absolute atomic E-state index is 0.424. The van der Waals surface area contributed by atoms with E-state index in [2.05, 4.69) is 66.7 Å². The van der Waals surface area contributed by atoms with Crippen LogP contribution in [-0.4, -0.2) is 5.11 Å². The van der Waals surface area contributed by atoms with E-state index < -0.39 is 6.10 Å². The lowest BCUT2D eigenvalue weighted by molar-refractivity contribution is 0.198. The quantitative estimate of drug-likeness (QED) is 0.618. The van der Waals surface area contributed by atoms with Crippen molar-refractivity contribution in [2.45, 2.75) is 51.6 Å². The van der Waals surface area contributed by atoms with Crippen molar-refractivity contribution in [3.63, 3.8) is 0 Å². The molecule has 0 aliphatic heterocycles. The van der Waals surface area contributed by atoms with Gasteiger partial charge in [0.05, 0.1) is 6.10 Å². The fourth-order valence-electron chi connectivity index (χ4n) is 4.02. The van der Waals surface area contributed by atoms with Crippen molar-refractivity contribution < 1.29 is 5.11 Å². The average molecular weight is 357 g/mol. The Morgan fingerprint density at radius 2 is 0.926 bits per heavy atom. The van der Waals surface area contributed by atoms with Gasteiger partial charge in [0, 0.05) is 0 Å². The lowest BCUT2D eigenvalue weighted by atomic mass is 9.92. The second-order valence-electron chi connectivity index (χ2n) is 7.84. The Hall–Kier alpha value is -2.38. The summed E-state index contributed by atoms with van der Waals surface area (Å²) in [7, 11) is 0. The average Bonchev–Trinajstić information content (AvgIpc) is 2.70. The lowest BCUT2D eigenvalue weighted by Gasteiger charge is -2.15. The van der Waals surface area contributed by atoms with Crippen molar-refractivity contribution in [2.24, 2.45) is 0 Å². The first-order valence-corrected chi connectivity index (χ1v) is 10.1. The molecular formula is C26H28O. The van der Waals surface area contributed by atoms with Gasteiger partial charge in [-0.05, 0) is 84.4 Å². The summed E-state index contributed by atoms with van der Waals surface area (Å²) >= 11 is 0. The second kappa shape index (κ2) is 8.10. The summed E-state index contributed by atoms with van der Waals surface area (Å²) in [5.41, 5.74) is 9.22. The highest BCUT2D eigenvalue weighted by Crippen LogP contribution is 2.23. The summed E-state index contributed by atoms with van der Waals surface area (Å²) in [6, 6.07) is 24.8. The Bertz CT molecular complexity index is 888. The molecule has 0 spiro atoms. The second-order valence-corrected chi connectivity index (χ2v) is 7.84. The molecule has 3 aromatic rings. The van der Waals surface area contributed by atoms with E-state index in [1.165, 1.54) is 33.4 Å². The molecule has 0 amide bonds. The molecule has 1 heteroatoms. The van der Waals surface area contributed by atoms with E-state index in [1.807, 2.05) is 6.92 Å². The van der Waals surface area contributed by atoms with Crippen LogP contribution < -0.4 is 0 Å². The Morgan fingerprint density at radius 1 is 0.556 bits per heavy atom. The molecule has 0 aromatic heterocycles. The zero-order valence-electron chi connectivity index (χ0n) is 16.1. The number of hydrogen-bond donors (Lipinski definition) is 1. The van der Waals surface area contributed by atoms with E-state index in [-0.39, 0.29) is 0 Å². The van der Waals surface area contributed by atoms with E-state index in [4.69, 9.17) is 0 Å². The van der Waals surface area contributed by atoms with Crippen molar-refractivity contribution >= 4 is 0 Å². The molecule has 6 aliphatic rings. The van der Waals surface area contributed by atoms with Crippen molar-refractivity contribution in [1.82, 2.24) is 0 Å². The third kappa shape index (κ3) is 4.48. The van der Waals surface area contributed by atoms with Crippen LogP contribution in [0.4, 0.5) is 0 Å². The highest BCUT2D eigenvalue weighted by atomic mass is 16.3. The minimum Gasteiger partial charge on any atom is -0.389 e. The molecule has 9 rings (SSSR count). The Morgan fingerprint density at radius 3 is 1.37 bits per heavy atom. The largest absolute Gasteiger partial charge is 0.389 e. The van der Waals surface area contributed by atoms with E-state index in [0.29, 0.717) is 0 Å². The van der Waals surface area contributed by atoms with E-state index in [1.54, 1.807) is 0 Å². The minimum atomic E-state index is -0.424. The first-order valence-electron chi connectivity index (χ1n) is 10.1. The maximum Gasteiger partial charge on any atom is 0.0764 e. The molecule has 3 aromatic carbocycles. The SMILES string of the molecule is CC(O)c1cc2ccc1CCc1ccc(cc1)CCc1ccc(cc1)CC2. The van der Waals surface area contributed by atoms with Crippen LogP contribution in [0, 0.1) is 0 Å². The fraction of sp³-hybridized carbons (Fsp3) is 0.308. The van der Waals surface area contributed by atoms with Gasteiger partial charge in [-0.2, -0.15) is 0 Å². The van der Waals surface area contributed by atoms with Gasteiger partial charge in [-0.15, -0.1) is 0 Å². The number of hydrogen-bond acceptors (Lipinski definition) is 1. The van der Waals surface area contributed by atoms with Gasteiger partial charge in [0.2, 0.25) is 0 Å². The van der Waals surface area contributed by atoms with Gasteiger partial charge in [-0.25, -0.2) is 0 Å². The van der Waals surface area contributed by atoms with Crippen LogP contribution in [0.25, 0.3) is 0 Å². The van der Waals surface area contributed by atoms with Crippen LogP contribution in [0.3, 0.4) is 0 Å². The van der Waals surface area contributed by atoms with Crippen LogP contribution in [0.5, 0.6) is 0 Å². The normalized spacial score (nSPS) is 15.5. The summed E-state index contributed by atoms with van der Waals surface area (Å²) in [6.07, 6.45) is 5.80. The molecule has 1 N–H and O–H groups in total. The summed E-state index contributed by atoms with van der Waals surface area (Å²) < 4.78 is 0. The first-order chi connectivity index (χ1) is 13.2. The fourth-order valence-corrected chi connectivity index (χ4v) is 4.02. The summed E-state index contributed by atoms with van der Waals surface area (Å²) in [6.45, 7) is 1.88. The molecule has 1 nitrogen and oxygen atoms in total. The Labute approximate surface area is 162 Å². The van der Waals surface area contributed by atoms with E-state index >= 15 is 0 Å². The maximum atomic E-state index is 10.3. The van der Waals surface area contributed by atoms with Crippen LogP contribution in [0.1, 0.15) is 52.0 Å². The third-order valence-electron chi connectivity index (χ3n) is 5.79. The molecule has 1 atom stereocenters. The van der Waals surface area contributed by atoms with Gasteiger partial charge in [-0.3, -0.25) is 0 Å². The molecule has 27 heavy (non-hydrogen) atoms. The number of benzene rings is 3. The van der Waals surface area contributed by atoms with Crippen molar-refractivity contribution in [3.8, 4) is 0 Å². The van der Waals surface area contributed by atoms with Gasteiger partial charge >= 0.3 is 0 Å². The molecule has 138 valence electrons. The number of aryl methyl sites for hydroxylation is 6. The number of aliphatic hydroxyl groups is 1. The van der Waals surface area contributed by atoms with Crippen LogP contribution >= 0.6 is 0 Å². The first kappa shape index (κ1) is 18.0.